The molecule has 0 saturated carbocycles. The third-order valence-corrected chi connectivity index (χ3v) is 3.18. The van der Waals surface area contributed by atoms with Crippen molar-refractivity contribution >= 4 is 5.91 Å². The summed E-state index contributed by atoms with van der Waals surface area (Å²) >= 11 is 0. The molecule has 4 heteroatoms. The van der Waals surface area contributed by atoms with Crippen molar-refractivity contribution in [2.24, 2.45) is 5.73 Å². The Morgan fingerprint density at radius 3 is 2.75 bits per heavy atom. The molecular formula is C16H19N3O. The molecule has 1 unspecified atom stereocenters. The van der Waals surface area contributed by atoms with Crippen LogP contribution < -0.4 is 11.1 Å². The number of benzene rings is 1. The average Bonchev–Trinajstić information content (AvgIpc) is 2.48. The maximum atomic E-state index is 12.2. The van der Waals surface area contributed by atoms with Gasteiger partial charge in [-0.1, -0.05) is 12.1 Å². The first-order valence-corrected chi connectivity index (χ1v) is 6.70. The Balaban J connectivity index is 2.06. The lowest BCUT2D eigenvalue weighted by Gasteiger charge is -2.14. The summed E-state index contributed by atoms with van der Waals surface area (Å²) in [5.41, 5.74) is 8.31. The Morgan fingerprint density at radius 2 is 2.05 bits per heavy atom. The summed E-state index contributed by atoms with van der Waals surface area (Å²) in [6, 6.07) is 11.3. The van der Waals surface area contributed by atoms with Crippen molar-refractivity contribution in [2.75, 3.05) is 6.54 Å². The SMILES string of the molecule is CC(NC(=O)c1cccc(CCN)c1)c1ccncc1. The quantitative estimate of drug-likeness (QED) is 0.873. The number of rotatable bonds is 5. The van der Waals surface area contributed by atoms with Gasteiger partial charge >= 0.3 is 0 Å². The highest BCUT2D eigenvalue weighted by Crippen LogP contribution is 2.12. The van der Waals surface area contributed by atoms with Gasteiger partial charge in [-0.3, -0.25) is 9.78 Å². The van der Waals surface area contributed by atoms with Crippen LogP contribution in [0.15, 0.2) is 48.8 Å². The van der Waals surface area contributed by atoms with E-state index in [0.29, 0.717) is 12.1 Å². The summed E-state index contributed by atoms with van der Waals surface area (Å²) in [6.07, 6.45) is 4.22. The second-order valence-electron chi connectivity index (χ2n) is 4.71. The molecule has 0 saturated heterocycles. The van der Waals surface area contributed by atoms with Gasteiger partial charge in [0.2, 0.25) is 0 Å². The molecule has 0 aliphatic carbocycles. The lowest BCUT2D eigenvalue weighted by molar-refractivity contribution is 0.0940. The summed E-state index contributed by atoms with van der Waals surface area (Å²) in [4.78, 5) is 16.2. The number of hydrogen-bond acceptors (Lipinski definition) is 3. The molecule has 0 aliphatic heterocycles. The number of pyridine rings is 1. The van der Waals surface area contributed by atoms with Crippen LogP contribution in [0.2, 0.25) is 0 Å². The molecule has 20 heavy (non-hydrogen) atoms. The van der Waals surface area contributed by atoms with E-state index in [2.05, 4.69) is 10.3 Å². The van der Waals surface area contributed by atoms with Crippen molar-refractivity contribution in [1.82, 2.24) is 10.3 Å². The molecule has 2 aromatic rings. The first kappa shape index (κ1) is 14.2. The number of nitrogens with zero attached hydrogens (tertiary/aromatic N) is 1. The van der Waals surface area contributed by atoms with Gasteiger partial charge in [0, 0.05) is 18.0 Å². The minimum absolute atomic E-state index is 0.0522. The number of amides is 1. The Kier molecular flexibility index (Phi) is 4.85. The third kappa shape index (κ3) is 3.65. The molecule has 104 valence electrons. The van der Waals surface area contributed by atoms with E-state index in [1.807, 2.05) is 43.3 Å². The lowest BCUT2D eigenvalue weighted by atomic mass is 10.1. The Bertz CT molecular complexity index is 569. The van der Waals surface area contributed by atoms with Crippen LogP contribution in [0.25, 0.3) is 0 Å². The molecule has 0 fully saturated rings. The summed E-state index contributed by atoms with van der Waals surface area (Å²) in [7, 11) is 0. The van der Waals surface area contributed by atoms with Gasteiger partial charge in [-0.2, -0.15) is 0 Å². The summed E-state index contributed by atoms with van der Waals surface area (Å²) in [5.74, 6) is -0.0758. The second-order valence-corrected chi connectivity index (χ2v) is 4.71. The van der Waals surface area contributed by atoms with Gasteiger partial charge < -0.3 is 11.1 Å². The van der Waals surface area contributed by atoms with Crippen molar-refractivity contribution < 1.29 is 4.79 Å². The molecule has 3 N–H and O–H groups in total. The van der Waals surface area contributed by atoms with Crippen molar-refractivity contribution in [1.29, 1.82) is 0 Å². The summed E-state index contributed by atoms with van der Waals surface area (Å²) < 4.78 is 0. The van der Waals surface area contributed by atoms with Crippen molar-refractivity contribution in [3.8, 4) is 0 Å². The highest BCUT2D eigenvalue weighted by molar-refractivity contribution is 5.94. The topological polar surface area (TPSA) is 68.0 Å². The second kappa shape index (κ2) is 6.82. The number of hydrogen-bond donors (Lipinski definition) is 2. The molecule has 0 bridgehead atoms. The normalized spacial score (nSPS) is 11.9. The van der Waals surface area contributed by atoms with Crippen LogP contribution in [0.4, 0.5) is 0 Å². The number of aromatic nitrogens is 1. The van der Waals surface area contributed by atoms with Crippen LogP contribution in [0.1, 0.15) is 34.5 Å². The predicted molar refractivity (Wildman–Crippen MR) is 79.3 cm³/mol. The van der Waals surface area contributed by atoms with Crippen molar-refractivity contribution in [3.05, 3.63) is 65.5 Å². The van der Waals surface area contributed by atoms with E-state index >= 15 is 0 Å². The zero-order valence-electron chi connectivity index (χ0n) is 11.5. The Morgan fingerprint density at radius 1 is 1.30 bits per heavy atom. The lowest BCUT2D eigenvalue weighted by Crippen LogP contribution is -2.26. The monoisotopic (exact) mass is 269 g/mol. The number of nitrogens with two attached hydrogens (primary N) is 1. The van der Waals surface area contributed by atoms with Gasteiger partial charge in [0.05, 0.1) is 6.04 Å². The fourth-order valence-electron chi connectivity index (χ4n) is 2.05. The van der Waals surface area contributed by atoms with E-state index in [1.54, 1.807) is 12.4 Å². The maximum absolute atomic E-state index is 12.2. The molecule has 4 nitrogen and oxygen atoms in total. The molecule has 0 spiro atoms. The molecule has 1 atom stereocenters. The molecular weight excluding hydrogens is 250 g/mol. The fourth-order valence-corrected chi connectivity index (χ4v) is 2.05. The Labute approximate surface area is 119 Å². The highest BCUT2D eigenvalue weighted by Gasteiger charge is 2.11. The van der Waals surface area contributed by atoms with Crippen molar-refractivity contribution in [2.45, 2.75) is 19.4 Å². The zero-order chi connectivity index (χ0) is 14.4. The average molecular weight is 269 g/mol. The first-order valence-electron chi connectivity index (χ1n) is 6.70. The molecule has 1 aromatic heterocycles. The van der Waals surface area contributed by atoms with Crippen LogP contribution >= 0.6 is 0 Å². The van der Waals surface area contributed by atoms with E-state index in [1.165, 1.54) is 0 Å². The van der Waals surface area contributed by atoms with Crippen LogP contribution in [-0.4, -0.2) is 17.4 Å². The molecule has 0 radical (unpaired) electrons. The fraction of sp³-hybridized carbons (Fsp3) is 0.250. The van der Waals surface area contributed by atoms with Gasteiger partial charge in [0.1, 0.15) is 0 Å². The van der Waals surface area contributed by atoms with E-state index in [9.17, 15) is 4.79 Å². The van der Waals surface area contributed by atoms with Crippen LogP contribution in [0.3, 0.4) is 0 Å². The molecule has 1 aromatic carbocycles. The molecule has 1 amide bonds. The Hall–Kier alpha value is -2.20. The summed E-state index contributed by atoms with van der Waals surface area (Å²) in [5, 5.41) is 2.98. The highest BCUT2D eigenvalue weighted by atomic mass is 16.1. The smallest absolute Gasteiger partial charge is 0.251 e. The van der Waals surface area contributed by atoms with E-state index in [0.717, 1.165) is 17.5 Å². The largest absolute Gasteiger partial charge is 0.346 e. The minimum Gasteiger partial charge on any atom is -0.346 e. The van der Waals surface area contributed by atoms with Gasteiger partial charge in [-0.15, -0.1) is 0 Å². The number of nitrogens with one attached hydrogen (secondary N) is 1. The van der Waals surface area contributed by atoms with Crippen molar-refractivity contribution in [3.63, 3.8) is 0 Å². The zero-order valence-corrected chi connectivity index (χ0v) is 11.5. The molecule has 2 rings (SSSR count). The summed E-state index contributed by atoms with van der Waals surface area (Å²) in [6.45, 7) is 2.54. The minimum atomic E-state index is -0.0758. The third-order valence-electron chi connectivity index (χ3n) is 3.18. The standard InChI is InChI=1S/C16H19N3O/c1-12(14-6-9-18-10-7-14)19-16(20)15-4-2-3-13(11-15)5-8-17/h2-4,6-7,9-12H,5,8,17H2,1H3,(H,19,20). The molecule has 0 aliphatic rings. The van der Waals surface area contributed by atoms with Crippen LogP contribution in [-0.2, 0) is 6.42 Å². The van der Waals surface area contributed by atoms with E-state index in [4.69, 9.17) is 5.73 Å². The predicted octanol–water partition coefficient (Wildman–Crippen LogP) is 2.07. The van der Waals surface area contributed by atoms with Gasteiger partial charge in [0.15, 0.2) is 0 Å². The van der Waals surface area contributed by atoms with Gasteiger partial charge in [-0.05, 0) is 55.3 Å². The number of carbonyl (C=O) groups excluding carboxylic acids is 1. The first-order chi connectivity index (χ1) is 9.70. The van der Waals surface area contributed by atoms with E-state index in [-0.39, 0.29) is 11.9 Å². The number of carbonyl (C=O) groups is 1. The molecule has 1 heterocycles. The maximum Gasteiger partial charge on any atom is 0.251 e. The van der Waals surface area contributed by atoms with Gasteiger partial charge in [-0.25, -0.2) is 0 Å². The van der Waals surface area contributed by atoms with Gasteiger partial charge in [0.25, 0.3) is 5.91 Å². The van der Waals surface area contributed by atoms with Crippen LogP contribution in [0.5, 0.6) is 0 Å². The van der Waals surface area contributed by atoms with E-state index < -0.39 is 0 Å². The van der Waals surface area contributed by atoms with Crippen LogP contribution in [0, 0.1) is 0 Å².